The van der Waals surface area contributed by atoms with Crippen LogP contribution in [0.15, 0.2) is 24.3 Å². The minimum absolute atomic E-state index is 0.000800. The van der Waals surface area contributed by atoms with Crippen molar-refractivity contribution in [3.63, 3.8) is 0 Å². The van der Waals surface area contributed by atoms with Crippen LogP contribution in [0.1, 0.15) is 69.5 Å². The number of hydrogen-bond acceptors (Lipinski definition) is 9. The van der Waals surface area contributed by atoms with E-state index in [1.54, 1.807) is 0 Å². The molecule has 3 saturated heterocycles. The third-order valence-corrected chi connectivity index (χ3v) is 12.6. The molecule has 2 N–H and O–H groups in total. The molecule has 0 spiro atoms. The number of aromatic hydroxyl groups is 1. The molecule has 55 heavy (non-hydrogen) atoms. The van der Waals surface area contributed by atoms with Gasteiger partial charge in [-0.2, -0.15) is 23.1 Å². The predicted molar refractivity (Wildman–Crippen MR) is 197 cm³/mol. The first-order chi connectivity index (χ1) is 26.5. The van der Waals surface area contributed by atoms with Gasteiger partial charge in [-0.1, -0.05) is 18.9 Å². The van der Waals surface area contributed by atoms with Gasteiger partial charge in [0, 0.05) is 42.2 Å². The molecule has 0 bridgehead atoms. The molecule has 3 unspecified atom stereocenters. The zero-order valence-corrected chi connectivity index (χ0v) is 30.6. The number of terminal acetylenes is 1. The Balaban J connectivity index is 1.11. The van der Waals surface area contributed by atoms with Crippen molar-refractivity contribution in [1.29, 1.82) is 0 Å². The Kier molecular flexibility index (Phi) is 9.05. The van der Waals surface area contributed by atoms with Gasteiger partial charge in [0.15, 0.2) is 11.9 Å². The van der Waals surface area contributed by atoms with Gasteiger partial charge in [-0.25, -0.2) is 13.8 Å². The minimum atomic E-state index is -4.39. The maximum absolute atomic E-state index is 17.3. The van der Waals surface area contributed by atoms with E-state index in [0.717, 1.165) is 19.3 Å². The number of benzene rings is 2. The highest BCUT2D eigenvalue weighted by molar-refractivity contribution is 6.03. The number of hydrogen-bond donors (Lipinski definition) is 2. The summed E-state index contributed by atoms with van der Waals surface area (Å²) in [5, 5.41) is 15.5. The molecule has 5 aliphatic rings. The summed E-state index contributed by atoms with van der Waals surface area (Å²) < 4.78 is 85.7. The number of rotatable bonds is 9. The molecule has 5 atom stereocenters. The quantitative estimate of drug-likeness (QED) is 0.138. The Labute approximate surface area is 315 Å². The Bertz CT molecular complexity index is 2210. The van der Waals surface area contributed by atoms with Crippen LogP contribution in [0.25, 0.3) is 32.9 Å². The number of pyridine rings is 1. The van der Waals surface area contributed by atoms with Gasteiger partial charge in [0.05, 0.1) is 28.8 Å². The number of phenolic OH excluding ortho intramolecular Hbond substituents is 1. The summed E-state index contributed by atoms with van der Waals surface area (Å²) in [7, 11) is 0. The van der Waals surface area contributed by atoms with E-state index < -0.39 is 35.4 Å². The number of phenols is 1. The largest absolute Gasteiger partial charge is 0.508 e. The first-order valence-corrected chi connectivity index (χ1v) is 19.4. The monoisotopic (exact) mass is 762 g/mol. The van der Waals surface area contributed by atoms with Crippen molar-refractivity contribution in [2.75, 3.05) is 37.7 Å². The van der Waals surface area contributed by atoms with Crippen LogP contribution in [-0.2, 0) is 11.2 Å². The molecule has 2 aromatic heterocycles. The fourth-order valence-electron chi connectivity index (χ4n) is 9.90. The molecule has 9 rings (SSSR count). The molecule has 9 nitrogen and oxygen atoms in total. The summed E-state index contributed by atoms with van der Waals surface area (Å²) in [6.07, 6.45) is 5.81. The third-order valence-electron chi connectivity index (χ3n) is 12.6. The van der Waals surface area contributed by atoms with E-state index in [2.05, 4.69) is 28.0 Å². The standard InChI is InChI=1S/C41H43F5N6O3/c1-3-26-28(42)9-8-23-18-25(53)19-27(32(23)26)35-34(43)36-33-30(48-35)10-11-31-29(4-2)47-15-17-51(31)38(33)50-39(49-36)55-21-40-13-5-16-52(40)24(12-14-40)20-54-37(22-6-7-22)41(44,45)46/h1,8-9,18-19,22,24,29,31,37,47,53H,4-7,10-17,20-21H2,2H3/t24-,29-,31?,37?,40?/m0/s1. The summed E-state index contributed by atoms with van der Waals surface area (Å²) in [6, 6.07) is 5.49. The normalized spacial score (nSPS) is 25.8. The van der Waals surface area contributed by atoms with Crippen LogP contribution < -0.4 is 15.0 Å². The molecule has 0 radical (unpaired) electrons. The van der Waals surface area contributed by atoms with Crippen molar-refractivity contribution in [1.82, 2.24) is 25.2 Å². The molecule has 14 heteroatoms. The van der Waals surface area contributed by atoms with Crippen molar-refractivity contribution < 1.29 is 36.5 Å². The molecule has 0 amide bonds. The van der Waals surface area contributed by atoms with Gasteiger partial charge in [0.2, 0.25) is 0 Å². The van der Waals surface area contributed by atoms with Crippen molar-refractivity contribution in [3.8, 4) is 35.4 Å². The fourth-order valence-corrected chi connectivity index (χ4v) is 9.90. The van der Waals surface area contributed by atoms with E-state index in [4.69, 9.17) is 30.8 Å². The van der Waals surface area contributed by atoms with Gasteiger partial charge in [0.1, 0.15) is 35.2 Å². The number of alkyl halides is 3. The van der Waals surface area contributed by atoms with Crippen molar-refractivity contribution in [3.05, 3.63) is 47.2 Å². The number of aromatic nitrogens is 3. The second-order valence-electron chi connectivity index (χ2n) is 15.8. The van der Waals surface area contributed by atoms with Crippen LogP contribution in [0, 0.1) is 29.9 Å². The second kappa shape index (κ2) is 13.7. The van der Waals surface area contributed by atoms with Crippen LogP contribution in [-0.4, -0.2) is 93.8 Å². The van der Waals surface area contributed by atoms with Crippen molar-refractivity contribution in [2.45, 2.75) is 101 Å². The molecule has 1 saturated carbocycles. The SMILES string of the molecule is C#Cc1c(F)ccc2cc(O)cc(-c3nc4c5c(nc(OCC67CCCN6[C@H](COC(C6CC6)C(F)(F)F)CC7)nc5c3F)N3CCN[C@@H](CC)C3CC4)c12. The van der Waals surface area contributed by atoms with Gasteiger partial charge in [-0.05, 0) is 93.8 Å². The van der Waals surface area contributed by atoms with E-state index in [1.165, 1.54) is 24.3 Å². The van der Waals surface area contributed by atoms with Crippen LogP contribution in [0.2, 0.25) is 0 Å². The van der Waals surface area contributed by atoms with Crippen LogP contribution in [0.4, 0.5) is 27.8 Å². The number of ether oxygens (including phenoxy) is 2. The maximum Gasteiger partial charge on any atom is 0.414 e. The highest BCUT2D eigenvalue weighted by Gasteiger charge is 2.53. The summed E-state index contributed by atoms with van der Waals surface area (Å²) in [4.78, 5) is 19.0. The number of piperazine rings is 1. The van der Waals surface area contributed by atoms with Crippen molar-refractivity contribution >= 4 is 27.5 Å². The number of anilines is 1. The number of halogens is 5. The molecule has 6 heterocycles. The Hall–Kier alpha value is -4.32. The lowest BCUT2D eigenvalue weighted by molar-refractivity contribution is -0.230. The van der Waals surface area contributed by atoms with Gasteiger partial charge in [0.25, 0.3) is 0 Å². The fraction of sp³-hybridized carbons (Fsp3) is 0.537. The maximum atomic E-state index is 17.3. The number of nitrogens with zero attached hydrogens (tertiary/aromatic N) is 5. The number of fused-ring (bicyclic) bond motifs is 4. The molecular weight excluding hydrogens is 719 g/mol. The van der Waals surface area contributed by atoms with E-state index in [9.17, 15) is 18.3 Å². The molecule has 290 valence electrons. The second-order valence-corrected chi connectivity index (χ2v) is 15.8. The lowest BCUT2D eigenvalue weighted by Gasteiger charge is -2.42. The lowest BCUT2D eigenvalue weighted by atomic mass is 9.95. The average molecular weight is 763 g/mol. The first-order valence-electron chi connectivity index (χ1n) is 19.4. The Morgan fingerprint density at radius 2 is 1.91 bits per heavy atom. The molecule has 2 aromatic carbocycles. The molecule has 1 aliphatic carbocycles. The summed E-state index contributed by atoms with van der Waals surface area (Å²) in [5.41, 5.74) is 0.0953. The highest BCUT2D eigenvalue weighted by atomic mass is 19.4. The van der Waals surface area contributed by atoms with Gasteiger partial charge < -0.3 is 24.8 Å². The minimum Gasteiger partial charge on any atom is -0.508 e. The topological polar surface area (TPSA) is 95.9 Å². The molecule has 4 aliphatic heterocycles. The van der Waals surface area contributed by atoms with Crippen LogP contribution in [0.3, 0.4) is 0 Å². The van der Waals surface area contributed by atoms with Crippen LogP contribution in [0.5, 0.6) is 11.8 Å². The predicted octanol–water partition coefficient (Wildman–Crippen LogP) is 7.05. The summed E-state index contributed by atoms with van der Waals surface area (Å²) in [5.74, 6) is 0.880. The van der Waals surface area contributed by atoms with Gasteiger partial charge >= 0.3 is 12.2 Å². The zero-order chi connectivity index (χ0) is 38.2. The molecule has 4 fully saturated rings. The number of nitrogens with one attached hydrogen (secondary N) is 1. The van der Waals surface area contributed by atoms with Crippen LogP contribution >= 0.6 is 0 Å². The van der Waals surface area contributed by atoms with E-state index >= 15 is 8.78 Å². The zero-order valence-electron chi connectivity index (χ0n) is 30.6. The van der Waals surface area contributed by atoms with E-state index in [0.29, 0.717) is 80.4 Å². The summed E-state index contributed by atoms with van der Waals surface area (Å²) in [6.45, 7) is 4.34. The smallest absolute Gasteiger partial charge is 0.414 e. The average Bonchev–Trinajstić information content (AvgIpc) is 3.85. The Morgan fingerprint density at radius 1 is 1.07 bits per heavy atom. The Morgan fingerprint density at radius 3 is 2.67 bits per heavy atom. The summed E-state index contributed by atoms with van der Waals surface area (Å²) >= 11 is 0. The van der Waals surface area contributed by atoms with E-state index in [-0.39, 0.29) is 70.8 Å². The van der Waals surface area contributed by atoms with Gasteiger partial charge in [-0.3, -0.25) is 4.90 Å². The molecular formula is C41H43F5N6O3. The lowest BCUT2D eigenvalue weighted by Crippen LogP contribution is -2.58. The van der Waals surface area contributed by atoms with E-state index in [1.807, 2.05) is 0 Å². The first kappa shape index (κ1) is 36.3. The third kappa shape index (κ3) is 6.23. The van der Waals surface area contributed by atoms with Gasteiger partial charge in [-0.15, -0.1) is 6.42 Å². The molecule has 4 aromatic rings. The van der Waals surface area contributed by atoms with Crippen molar-refractivity contribution in [2.24, 2.45) is 5.92 Å². The number of aryl methyl sites for hydroxylation is 1. The highest BCUT2D eigenvalue weighted by Crippen LogP contribution is 2.47.